The van der Waals surface area contributed by atoms with Crippen molar-refractivity contribution in [3.63, 3.8) is 0 Å². The molecule has 224 valence electrons. The van der Waals surface area contributed by atoms with E-state index in [9.17, 15) is 19.3 Å². The normalized spacial score (nSPS) is 45.8. The van der Waals surface area contributed by atoms with Gasteiger partial charge in [-0.1, -0.05) is 26.3 Å². The highest BCUT2D eigenvalue weighted by molar-refractivity contribution is 7.49. The Bertz CT molecular complexity index is 1170. The molecule has 4 aliphatic carbocycles. The molecule has 5 aliphatic rings. The van der Waals surface area contributed by atoms with Gasteiger partial charge in [0.2, 0.25) is 0 Å². The second-order valence-electron chi connectivity index (χ2n) is 12.0. The Morgan fingerprint density at radius 3 is 2.48 bits per heavy atom. The number of phosphoric acid groups is 1. The van der Waals surface area contributed by atoms with Crippen molar-refractivity contribution < 1.29 is 51.1 Å². The first-order valence-electron chi connectivity index (χ1n) is 14.2. The maximum atomic E-state index is 17.5. The highest BCUT2D eigenvalue weighted by Crippen LogP contribution is 2.72. The largest absolute Gasteiger partial charge is 0.532 e. The molecule has 5 rings (SSSR count). The van der Waals surface area contributed by atoms with Gasteiger partial charge in [-0.2, -0.15) is 0 Å². The summed E-state index contributed by atoms with van der Waals surface area (Å²) in [5.41, 5.74) is -7.04. The summed E-state index contributed by atoms with van der Waals surface area (Å²) in [6.45, 7) is 8.18. The maximum absolute atomic E-state index is 17.5. The van der Waals surface area contributed by atoms with Crippen LogP contribution < -0.4 is 0 Å². The summed E-state index contributed by atoms with van der Waals surface area (Å²) in [7, 11) is -4.33. The van der Waals surface area contributed by atoms with Gasteiger partial charge in [0.25, 0.3) is 0 Å². The molecule has 4 fully saturated rings. The van der Waals surface area contributed by atoms with Gasteiger partial charge < -0.3 is 19.1 Å². The average molecular weight is 589 g/mol. The molecule has 0 spiro atoms. The van der Waals surface area contributed by atoms with E-state index in [4.69, 9.17) is 23.0 Å². The molecule has 0 aromatic carbocycles. The molecule has 1 heterocycles. The van der Waals surface area contributed by atoms with Crippen LogP contribution in [0.5, 0.6) is 0 Å². The van der Waals surface area contributed by atoms with Crippen molar-refractivity contribution in [1.29, 1.82) is 0 Å². The molecule has 0 radical (unpaired) electrons. The third-order valence-corrected chi connectivity index (χ3v) is 11.6. The molecule has 3 saturated carbocycles. The van der Waals surface area contributed by atoms with Crippen LogP contribution in [0.1, 0.15) is 66.7 Å². The van der Waals surface area contributed by atoms with Crippen molar-refractivity contribution in [3.05, 3.63) is 23.8 Å². The number of fused-ring (bicyclic) bond motifs is 7. The minimum atomic E-state index is -4.33. The smallest absolute Gasteiger partial charge is 0.390 e. The van der Waals surface area contributed by atoms with E-state index in [2.05, 4.69) is 0 Å². The van der Waals surface area contributed by atoms with Crippen molar-refractivity contribution >= 4 is 19.6 Å². The number of carbonyl (C=O) groups is 2. The monoisotopic (exact) mass is 588 g/mol. The number of ketones is 1. The summed E-state index contributed by atoms with van der Waals surface area (Å²) in [6, 6.07) is 0. The predicted molar refractivity (Wildman–Crippen MR) is 138 cm³/mol. The zero-order valence-electron chi connectivity index (χ0n) is 23.6. The van der Waals surface area contributed by atoms with Gasteiger partial charge in [-0.05, 0) is 70.1 Å². The third kappa shape index (κ3) is 3.91. The summed E-state index contributed by atoms with van der Waals surface area (Å²) < 4.78 is 74.9. The molecule has 1 saturated heterocycles. The number of aliphatic hydroxyl groups is 1. The lowest BCUT2D eigenvalue weighted by atomic mass is 9.44. The van der Waals surface area contributed by atoms with E-state index < -0.39 is 78.2 Å². The molecule has 40 heavy (non-hydrogen) atoms. The van der Waals surface area contributed by atoms with E-state index in [1.807, 2.05) is 6.92 Å². The van der Waals surface area contributed by atoms with Crippen LogP contribution in [0, 0.1) is 22.7 Å². The molecule has 0 aromatic heterocycles. The Hall–Kier alpha value is -1.49. The summed E-state index contributed by atoms with van der Waals surface area (Å²) in [5, 5.41) is 11.6. The number of phosphoric ester groups is 1. The topological polar surface area (TPSA) is 118 Å². The number of alkyl halides is 2. The molecular formula is C28H39F2O9P. The van der Waals surface area contributed by atoms with Crippen LogP contribution in [0.4, 0.5) is 8.78 Å². The molecule has 0 amide bonds. The second-order valence-corrected chi connectivity index (χ2v) is 13.5. The molecule has 0 bridgehead atoms. The fourth-order valence-corrected chi connectivity index (χ4v) is 9.46. The third-order valence-electron chi connectivity index (χ3n) is 10.0. The summed E-state index contributed by atoms with van der Waals surface area (Å²) in [4.78, 5) is 26.2. The average Bonchev–Trinajstić information content (AvgIpc) is 3.35. The number of allylic oxidation sites excluding steroid dienone is 4. The number of rotatable bonds is 8. The number of hydrogen-bond acceptors (Lipinski definition) is 9. The minimum absolute atomic E-state index is 0.0126. The van der Waals surface area contributed by atoms with E-state index in [1.54, 1.807) is 20.8 Å². The minimum Gasteiger partial charge on any atom is -0.390 e. The van der Waals surface area contributed by atoms with Crippen molar-refractivity contribution in [3.8, 4) is 0 Å². The van der Waals surface area contributed by atoms with E-state index in [0.29, 0.717) is 12.8 Å². The van der Waals surface area contributed by atoms with Crippen LogP contribution in [0.3, 0.4) is 0 Å². The fraction of sp³-hybridized carbons (Fsp3) is 0.786. The Labute approximate surface area is 233 Å². The van der Waals surface area contributed by atoms with Gasteiger partial charge in [0, 0.05) is 16.7 Å². The van der Waals surface area contributed by atoms with E-state index in [-0.39, 0.29) is 38.0 Å². The summed E-state index contributed by atoms with van der Waals surface area (Å²) in [5.74, 6) is -3.19. The first kappa shape index (κ1) is 30.0. The Morgan fingerprint density at radius 2 is 1.85 bits per heavy atom. The van der Waals surface area contributed by atoms with Crippen molar-refractivity contribution in [1.82, 2.24) is 0 Å². The van der Waals surface area contributed by atoms with Crippen LogP contribution >= 0.6 is 7.82 Å². The lowest BCUT2D eigenvalue weighted by Crippen LogP contribution is -2.70. The SMILES string of the molecule is CCC[C@@H]1O[C@@H]2CC3C4C[C@H](F)C5=CC(=O)C=C[C@]5(C)[C@@]4(F)[C@@H](O)C[C@]3(C)[C@]2(C(=O)OP(=O)(OCC)OCC)O1. The summed E-state index contributed by atoms with van der Waals surface area (Å²) >= 11 is 0. The summed E-state index contributed by atoms with van der Waals surface area (Å²) in [6.07, 6.45) is -0.552. The van der Waals surface area contributed by atoms with Gasteiger partial charge >= 0.3 is 13.8 Å². The van der Waals surface area contributed by atoms with Gasteiger partial charge in [0.1, 0.15) is 12.3 Å². The van der Waals surface area contributed by atoms with Crippen LogP contribution in [0.25, 0.3) is 0 Å². The lowest BCUT2D eigenvalue weighted by Gasteiger charge is -2.62. The standard InChI is InChI=1S/C28H39F2O9P/c1-6-9-23-37-22-14-17-18-13-20(29)19-12-16(31)10-11-25(19,4)27(18,30)21(32)15-26(17,5)28(22,38-23)24(33)39-40(34,35-7-2)36-8-3/h10-12,17-18,20-23,32H,6-9,13-15H2,1-5H3/t17?,18?,20-,21-,22+,23+,25-,26-,27-,28-/m0/s1. The zero-order valence-corrected chi connectivity index (χ0v) is 24.5. The van der Waals surface area contributed by atoms with Gasteiger partial charge in [-0.3, -0.25) is 13.8 Å². The Kier molecular flexibility index (Phi) is 7.54. The van der Waals surface area contributed by atoms with E-state index >= 15 is 8.78 Å². The Morgan fingerprint density at radius 1 is 1.18 bits per heavy atom. The highest BCUT2D eigenvalue weighted by atomic mass is 31.2. The molecule has 9 nitrogen and oxygen atoms in total. The molecule has 1 aliphatic heterocycles. The van der Waals surface area contributed by atoms with E-state index in [1.165, 1.54) is 19.1 Å². The molecule has 2 unspecified atom stereocenters. The van der Waals surface area contributed by atoms with E-state index in [0.717, 1.165) is 6.08 Å². The maximum Gasteiger partial charge on any atom is 0.532 e. The van der Waals surface area contributed by atoms with Gasteiger partial charge in [-0.15, -0.1) is 0 Å². The molecule has 1 N–H and O–H groups in total. The van der Waals surface area contributed by atoms with Crippen molar-refractivity contribution in [2.75, 3.05) is 13.2 Å². The van der Waals surface area contributed by atoms with Crippen LogP contribution in [-0.4, -0.2) is 66.0 Å². The quantitative estimate of drug-likeness (QED) is 0.394. The van der Waals surface area contributed by atoms with Crippen LogP contribution in [-0.2, 0) is 37.2 Å². The van der Waals surface area contributed by atoms with Gasteiger partial charge in [-0.25, -0.2) is 18.1 Å². The van der Waals surface area contributed by atoms with Gasteiger partial charge in [0.15, 0.2) is 23.3 Å². The predicted octanol–water partition coefficient (Wildman–Crippen LogP) is 4.92. The van der Waals surface area contributed by atoms with Gasteiger partial charge in [0.05, 0.1) is 19.3 Å². The number of aliphatic hydroxyl groups excluding tert-OH is 1. The first-order valence-corrected chi connectivity index (χ1v) is 15.6. The first-order chi connectivity index (χ1) is 18.8. The van der Waals surface area contributed by atoms with Crippen LogP contribution in [0.15, 0.2) is 23.8 Å². The van der Waals surface area contributed by atoms with Crippen molar-refractivity contribution in [2.45, 2.75) is 103 Å². The molecule has 0 aromatic rings. The van der Waals surface area contributed by atoms with Crippen LogP contribution in [0.2, 0.25) is 0 Å². The highest BCUT2D eigenvalue weighted by Gasteiger charge is 2.81. The number of hydrogen-bond donors (Lipinski definition) is 1. The zero-order chi connectivity index (χ0) is 29.3. The number of ether oxygens (including phenoxy) is 2. The lowest BCUT2D eigenvalue weighted by molar-refractivity contribution is -0.239. The molecule has 10 atom stereocenters. The molecule has 12 heteroatoms. The second kappa shape index (κ2) is 10.1. The number of carbonyl (C=O) groups excluding carboxylic acids is 2. The fourth-order valence-electron chi connectivity index (χ4n) is 8.31. The van der Waals surface area contributed by atoms with Crippen molar-refractivity contribution in [2.24, 2.45) is 22.7 Å². The Balaban J connectivity index is 1.59. The molecular weight excluding hydrogens is 549 g/mol. The number of halogens is 2.